The highest BCUT2D eigenvalue weighted by molar-refractivity contribution is 7.13. The van der Waals surface area contributed by atoms with Crippen LogP contribution in [-0.2, 0) is 35.6 Å². The van der Waals surface area contributed by atoms with Crippen LogP contribution in [0, 0.1) is 0 Å². The van der Waals surface area contributed by atoms with Crippen molar-refractivity contribution in [1.29, 1.82) is 0 Å². The largest absolute Gasteiger partial charge is 0.482 e. The van der Waals surface area contributed by atoms with Crippen molar-refractivity contribution in [2.45, 2.75) is 52.2 Å². The molecule has 5 aromatic rings. The zero-order valence-corrected chi connectivity index (χ0v) is 28.9. The summed E-state index contributed by atoms with van der Waals surface area (Å²) < 4.78 is 5.25. The fourth-order valence-electron chi connectivity index (χ4n) is 5.26. The zero-order valence-electron chi connectivity index (χ0n) is 28.1. The smallest absolute Gasteiger partial charge is 0.341 e. The van der Waals surface area contributed by atoms with Crippen LogP contribution in [0.25, 0.3) is 16.6 Å². The minimum atomic E-state index is -1.05. The van der Waals surface area contributed by atoms with Gasteiger partial charge in [-0.15, -0.1) is 11.3 Å². The Hall–Kier alpha value is -5.54. The van der Waals surface area contributed by atoms with Gasteiger partial charge in [0.25, 0.3) is 5.91 Å². The quantitative estimate of drug-likeness (QED) is 0.0754. The maximum Gasteiger partial charge on any atom is 0.341 e. The van der Waals surface area contributed by atoms with Gasteiger partial charge < -0.3 is 20.1 Å². The number of nitrogens with one attached hydrogen (secondary N) is 1. The Morgan fingerprint density at radius 3 is 2.24 bits per heavy atom. The molecular weight excluding hydrogens is 647 g/mol. The highest BCUT2D eigenvalue weighted by atomic mass is 32.1. The number of carbonyl (C=O) groups is 3. The van der Waals surface area contributed by atoms with Crippen LogP contribution < -0.4 is 10.1 Å². The molecule has 50 heavy (non-hydrogen) atoms. The molecule has 0 fully saturated rings. The van der Waals surface area contributed by atoms with Crippen molar-refractivity contribution in [3.63, 3.8) is 0 Å². The van der Waals surface area contributed by atoms with E-state index in [0.717, 1.165) is 39.4 Å². The first kappa shape index (κ1) is 35.8. The van der Waals surface area contributed by atoms with Gasteiger partial charge in [-0.1, -0.05) is 98.6 Å². The molecule has 8 nitrogen and oxygen atoms in total. The van der Waals surface area contributed by atoms with Crippen molar-refractivity contribution in [3.05, 3.63) is 148 Å². The number of aliphatic carboxylic acids is 1. The molecule has 5 rings (SSSR count). The molecule has 0 saturated heterocycles. The van der Waals surface area contributed by atoms with E-state index in [1.807, 2.05) is 60.0 Å². The summed E-state index contributed by atoms with van der Waals surface area (Å²) >= 11 is 1.48. The highest BCUT2D eigenvalue weighted by Gasteiger charge is 2.16. The minimum absolute atomic E-state index is 0.136. The highest BCUT2D eigenvalue weighted by Crippen LogP contribution is 2.25. The minimum Gasteiger partial charge on any atom is -0.482 e. The van der Waals surface area contributed by atoms with Crippen LogP contribution in [0.15, 0.2) is 115 Å². The second kappa shape index (κ2) is 18.3. The maximum atomic E-state index is 13.4. The number of nitrogens with zero attached hydrogens (tertiary/aromatic N) is 2. The maximum absolute atomic E-state index is 13.4. The lowest BCUT2D eigenvalue weighted by atomic mass is 10.1. The van der Waals surface area contributed by atoms with Crippen LogP contribution in [0.4, 0.5) is 0 Å². The SMILES string of the molecule is CCCCCc1ccc(CNC(=O)c2ccc(-c3nc(CN(Cc4ccc(OCC(=O)O)cc4)C(=O)C=Cc4ccccc4)cs3)cc2)cc1. The fraction of sp³-hybridized carbons (Fsp3) is 0.220. The van der Waals surface area contributed by atoms with Crippen LogP contribution in [0.2, 0.25) is 0 Å². The Kier molecular flexibility index (Phi) is 13.1. The van der Waals surface area contributed by atoms with E-state index in [2.05, 4.69) is 36.5 Å². The van der Waals surface area contributed by atoms with Gasteiger partial charge in [0.05, 0.1) is 12.2 Å². The number of thiazole rings is 1. The standard InChI is InChI=1S/C41H41N3O5S/c1-2-3-5-8-31-11-13-32(14-12-31)25-42-40(48)34-18-20-35(21-19-34)41-43-36(29-50-41)27-44(38(45)24-17-30-9-6-4-7-10-30)26-33-15-22-37(23-16-33)49-28-39(46)47/h4,6-7,9-24,29H,2-3,5,8,25-28H2,1H3,(H,42,48)(H,46,47). The molecule has 0 aliphatic rings. The third-order valence-electron chi connectivity index (χ3n) is 8.03. The average molecular weight is 688 g/mol. The van der Waals surface area contributed by atoms with Crippen molar-refractivity contribution in [3.8, 4) is 16.3 Å². The normalized spacial score (nSPS) is 11.0. The lowest BCUT2D eigenvalue weighted by Gasteiger charge is -2.21. The molecule has 9 heteroatoms. The molecule has 0 aliphatic carbocycles. The van der Waals surface area contributed by atoms with E-state index >= 15 is 0 Å². The van der Waals surface area contributed by atoms with Crippen molar-refractivity contribution in [2.75, 3.05) is 6.61 Å². The average Bonchev–Trinajstić information content (AvgIpc) is 3.62. The number of carbonyl (C=O) groups excluding carboxylic acids is 2. The van der Waals surface area contributed by atoms with E-state index in [1.54, 1.807) is 41.3 Å². The Balaban J connectivity index is 1.21. The number of amides is 2. The molecule has 2 amide bonds. The number of rotatable bonds is 17. The monoisotopic (exact) mass is 687 g/mol. The van der Waals surface area contributed by atoms with E-state index in [4.69, 9.17) is 14.8 Å². The summed E-state index contributed by atoms with van der Waals surface area (Å²) in [5.41, 5.74) is 6.36. The second-order valence-corrected chi connectivity index (χ2v) is 12.8. The molecule has 2 N–H and O–H groups in total. The first-order valence-corrected chi connectivity index (χ1v) is 17.6. The van der Waals surface area contributed by atoms with Crippen LogP contribution in [0.5, 0.6) is 5.75 Å². The molecule has 1 aromatic heterocycles. The predicted molar refractivity (Wildman–Crippen MR) is 198 cm³/mol. The number of unbranched alkanes of at least 4 members (excludes halogenated alkanes) is 2. The van der Waals surface area contributed by atoms with E-state index in [9.17, 15) is 14.4 Å². The fourth-order valence-corrected chi connectivity index (χ4v) is 6.08. The molecule has 0 bridgehead atoms. The number of carboxylic acid groups (broad SMARTS) is 1. The van der Waals surface area contributed by atoms with Gasteiger partial charge in [-0.3, -0.25) is 9.59 Å². The number of aryl methyl sites for hydroxylation is 1. The first-order valence-electron chi connectivity index (χ1n) is 16.7. The molecule has 0 aliphatic heterocycles. The third kappa shape index (κ3) is 11.0. The molecule has 0 atom stereocenters. The van der Waals surface area contributed by atoms with E-state index in [1.165, 1.54) is 36.2 Å². The number of ether oxygens (including phenoxy) is 1. The van der Waals surface area contributed by atoms with E-state index < -0.39 is 12.6 Å². The van der Waals surface area contributed by atoms with Crippen LogP contribution in [0.3, 0.4) is 0 Å². The molecule has 0 spiro atoms. The molecule has 0 radical (unpaired) electrons. The van der Waals surface area contributed by atoms with Gasteiger partial charge in [-0.25, -0.2) is 9.78 Å². The second-order valence-electron chi connectivity index (χ2n) is 11.9. The Bertz CT molecular complexity index is 1870. The van der Waals surface area contributed by atoms with Gasteiger partial charge in [-0.05, 0) is 65.4 Å². The first-order chi connectivity index (χ1) is 24.4. The number of hydrogen-bond acceptors (Lipinski definition) is 6. The topological polar surface area (TPSA) is 109 Å². The summed E-state index contributed by atoms with van der Waals surface area (Å²) in [5.74, 6) is -0.922. The van der Waals surface area contributed by atoms with Crippen molar-refractivity contribution in [1.82, 2.24) is 15.2 Å². The van der Waals surface area contributed by atoms with Gasteiger partial charge >= 0.3 is 5.97 Å². The van der Waals surface area contributed by atoms with Gasteiger partial charge in [0, 0.05) is 35.7 Å². The molecule has 256 valence electrons. The molecular formula is C41H41N3O5S. The van der Waals surface area contributed by atoms with Gasteiger partial charge in [0.1, 0.15) is 10.8 Å². The number of benzene rings is 4. The van der Waals surface area contributed by atoms with Gasteiger partial charge in [0.2, 0.25) is 5.91 Å². The van der Waals surface area contributed by atoms with Crippen molar-refractivity contribution >= 4 is 35.2 Å². The van der Waals surface area contributed by atoms with Crippen LogP contribution in [-0.4, -0.2) is 39.4 Å². The Morgan fingerprint density at radius 1 is 0.840 bits per heavy atom. The van der Waals surface area contributed by atoms with E-state index in [-0.39, 0.29) is 18.4 Å². The van der Waals surface area contributed by atoms with Crippen LogP contribution >= 0.6 is 11.3 Å². The van der Waals surface area contributed by atoms with Crippen molar-refractivity contribution < 1.29 is 24.2 Å². The van der Waals surface area contributed by atoms with Gasteiger partial charge in [0.15, 0.2) is 6.61 Å². The summed E-state index contributed by atoms with van der Waals surface area (Å²) in [7, 11) is 0. The third-order valence-corrected chi connectivity index (χ3v) is 8.97. The number of hydrogen-bond donors (Lipinski definition) is 2. The molecule has 0 unspecified atom stereocenters. The summed E-state index contributed by atoms with van der Waals surface area (Å²) in [6.45, 7) is 2.84. The zero-order chi connectivity index (χ0) is 35.1. The number of aromatic nitrogens is 1. The van der Waals surface area contributed by atoms with Gasteiger partial charge in [-0.2, -0.15) is 0 Å². The molecule has 1 heterocycles. The summed E-state index contributed by atoms with van der Waals surface area (Å²) in [4.78, 5) is 43.7. The Labute approximate surface area is 297 Å². The lowest BCUT2D eigenvalue weighted by Crippen LogP contribution is -2.28. The summed E-state index contributed by atoms with van der Waals surface area (Å²) in [6, 6.07) is 32.5. The molecule has 4 aromatic carbocycles. The van der Waals surface area contributed by atoms with Crippen molar-refractivity contribution in [2.24, 2.45) is 0 Å². The summed E-state index contributed by atoms with van der Waals surface area (Å²) in [5, 5.41) is 14.6. The van der Waals surface area contributed by atoms with Crippen LogP contribution in [0.1, 0.15) is 64.5 Å². The predicted octanol–water partition coefficient (Wildman–Crippen LogP) is 8.18. The Morgan fingerprint density at radius 2 is 1.54 bits per heavy atom. The summed E-state index contributed by atoms with van der Waals surface area (Å²) in [6.07, 6.45) is 8.06. The van der Waals surface area contributed by atoms with E-state index in [0.29, 0.717) is 24.4 Å². The lowest BCUT2D eigenvalue weighted by molar-refractivity contribution is -0.139. The molecule has 0 saturated carbocycles. The number of carboxylic acids is 1.